The van der Waals surface area contributed by atoms with Crippen molar-refractivity contribution in [1.82, 2.24) is 10.2 Å². The molecule has 3 rings (SSSR count). The summed E-state index contributed by atoms with van der Waals surface area (Å²) in [5.74, 6) is 1.23. The van der Waals surface area contributed by atoms with E-state index in [1.807, 2.05) is 11.8 Å². The van der Waals surface area contributed by atoms with Crippen molar-refractivity contribution in [3.05, 3.63) is 23.8 Å². The third-order valence-electron chi connectivity index (χ3n) is 4.86. The molecule has 2 aliphatic rings. The molecule has 0 radical (unpaired) electrons. The number of benzene rings is 1. The van der Waals surface area contributed by atoms with E-state index in [-0.39, 0.29) is 18.4 Å². The average molecular weight is 359 g/mol. The Bertz CT molecular complexity index is 637. The predicted octanol–water partition coefficient (Wildman–Crippen LogP) is 2.65. The van der Waals surface area contributed by atoms with Crippen LogP contribution >= 0.6 is 0 Å². The Labute approximate surface area is 155 Å². The first-order chi connectivity index (χ1) is 12.7. The SMILES string of the molecule is CCOc1ccc(C(=O)N2CCCCC2)cc1NC(=O)CNCC1CC1. The van der Waals surface area contributed by atoms with Crippen LogP contribution in [0, 0.1) is 5.92 Å². The molecule has 1 saturated carbocycles. The lowest BCUT2D eigenvalue weighted by Gasteiger charge is -2.27. The van der Waals surface area contributed by atoms with Gasteiger partial charge in [0, 0.05) is 18.7 Å². The van der Waals surface area contributed by atoms with Gasteiger partial charge in [-0.25, -0.2) is 0 Å². The highest BCUT2D eigenvalue weighted by molar-refractivity contribution is 5.98. The van der Waals surface area contributed by atoms with Crippen LogP contribution in [0.4, 0.5) is 5.69 Å². The van der Waals surface area contributed by atoms with E-state index in [4.69, 9.17) is 4.74 Å². The number of hydrogen-bond donors (Lipinski definition) is 2. The first-order valence-electron chi connectivity index (χ1n) is 9.74. The lowest BCUT2D eigenvalue weighted by Crippen LogP contribution is -2.35. The van der Waals surface area contributed by atoms with Gasteiger partial charge in [0.25, 0.3) is 5.91 Å². The third kappa shape index (κ3) is 5.21. The number of likely N-dealkylation sites (tertiary alicyclic amines) is 1. The number of nitrogens with one attached hydrogen (secondary N) is 2. The zero-order valence-electron chi connectivity index (χ0n) is 15.6. The summed E-state index contributed by atoms with van der Waals surface area (Å²) in [5.41, 5.74) is 1.16. The molecular formula is C20H29N3O3. The van der Waals surface area contributed by atoms with Gasteiger partial charge in [-0.05, 0) is 69.7 Å². The van der Waals surface area contributed by atoms with E-state index < -0.39 is 0 Å². The highest BCUT2D eigenvalue weighted by Gasteiger charge is 2.22. The largest absolute Gasteiger partial charge is 0.492 e. The smallest absolute Gasteiger partial charge is 0.253 e. The molecule has 0 unspecified atom stereocenters. The molecule has 1 aliphatic heterocycles. The number of nitrogens with zero attached hydrogens (tertiary/aromatic N) is 1. The maximum absolute atomic E-state index is 12.7. The standard InChI is InChI=1S/C20H29N3O3/c1-2-26-18-9-8-16(20(25)23-10-4-3-5-11-23)12-17(18)22-19(24)14-21-13-15-6-7-15/h8-9,12,15,21H,2-7,10-11,13-14H2,1H3,(H,22,24). The normalized spacial score (nSPS) is 17.0. The summed E-state index contributed by atoms with van der Waals surface area (Å²) in [6.45, 7) is 5.17. The van der Waals surface area contributed by atoms with Crippen molar-refractivity contribution in [2.75, 3.05) is 38.1 Å². The Morgan fingerprint density at radius 3 is 2.65 bits per heavy atom. The molecule has 0 spiro atoms. The molecule has 2 fully saturated rings. The maximum Gasteiger partial charge on any atom is 0.253 e. The highest BCUT2D eigenvalue weighted by atomic mass is 16.5. The molecule has 0 aromatic heterocycles. The number of carbonyl (C=O) groups is 2. The molecular weight excluding hydrogens is 330 g/mol. The van der Waals surface area contributed by atoms with Crippen LogP contribution in [0.3, 0.4) is 0 Å². The van der Waals surface area contributed by atoms with Crippen molar-refractivity contribution in [2.24, 2.45) is 5.92 Å². The molecule has 26 heavy (non-hydrogen) atoms. The molecule has 1 saturated heterocycles. The summed E-state index contributed by atoms with van der Waals surface area (Å²) in [5, 5.41) is 6.07. The third-order valence-corrected chi connectivity index (χ3v) is 4.86. The van der Waals surface area contributed by atoms with Gasteiger partial charge >= 0.3 is 0 Å². The van der Waals surface area contributed by atoms with Gasteiger partial charge in [-0.15, -0.1) is 0 Å². The molecule has 0 atom stereocenters. The Morgan fingerprint density at radius 1 is 1.19 bits per heavy atom. The van der Waals surface area contributed by atoms with E-state index in [0.717, 1.165) is 38.4 Å². The number of piperidine rings is 1. The maximum atomic E-state index is 12.7. The van der Waals surface area contributed by atoms with Gasteiger partial charge in [0.1, 0.15) is 5.75 Å². The second-order valence-corrected chi connectivity index (χ2v) is 7.12. The van der Waals surface area contributed by atoms with E-state index in [1.165, 1.54) is 19.3 Å². The average Bonchev–Trinajstić information content (AvgIpc) is 3.48. The van der Waals surface area contributed by atoms with Gasteiger partial charge < -0.3 is 20.3 Å². The van der Waals surface area contributed by atoms with E-state index in [2.05, 4.69) is 10.6 Å². The van der Waals surface area contributed by atoms with Crippen molar-refractivity contribution < 1.29 is 14.3 Å². The molecule has 6 nitrogen and oxygen atoms in total. The molecule has 142 valence electrons. The summed E-state index contributed by atoms with van der Waals surface area (Å²) in [7, 11) is 0. The van der Waals surface area contributed by atoms with Crippen LogP contribution in [0.1, 0.15) is 49.4 Å². The highest BCUT2D eigenvalue weighted by Crippen LogP contribution is 2.28. The monoisotopic (exact) mass is 359 g/mol. The zero-order chi connectivity index (χ0) is 18.4. The number of ether oxygens (including phenoxy) is 1. The molecule has 1 heterocycles. The van der Waals surface area contributed by atoms with Gasteiger partial charge in [0.2, 0.25) is 5.91 Å². The Kier molecular flexibility index (Phi) is 6.50. The van der Waals surface area contributed by atoms with Crippen molar-refractivity contribution in [2.45, 2.75) is 39.0 Å². The van der Waals surface area contributed by atoms with Crippen molar-refractivity contribution >= 4 is 17.5 Å². The van der Waals surface area contributed by atoms with E-state index in [0.29, 0.717) is 23.6 Å². The van der Waals surface area contributed by atoms with Crippen LogP contribution in [0.2, 0.25) is 0 Å². The van der Waals surface area contributed by atoms with Gasteiger partial charge in [-0.3, -0.25) is 9.59 Å². The van der Waals surface area contributed by atoms with E-state index >= 15 is 0 Å². The van der Waals surface area contributed by atoms with E-state index in [9.17, 15) is 9.59 Å². The quantitative estimate of drug-likeness (QED) is 0.749. The Balaban J connectivity index is 1.66. The lowest BCUT2D eigenvalue weighted by atomic mass is 10.1. The number of hydrogen-bond acceptors (Lipinski definition) is 4. The van der Waals surface area contributed by atoms with Crippen LogP contribution in [0.5, 0.6) is 5.75 Å². The molecule has 2 amide bonds. The number of amides is 2. The number of anilines is 1. The van der Waals surface area contributed by atoms with Crippen molar-refractivity contribution in [3.8, 4) is 5.75 Å². The van der Waals surface area contributed by atoms with Crippen LogP contribution < -0.4 is 15.4 Å². The van der Waals surface area contributed by atoms with Gasteiger partial charge in [0.15, 0.2) is 0 Å². The van der Waals surface area contributed by atoms with Crippen LogP contribution in [0.15, 0.2) is 18.2 Å². The van der Waals surface area contributed by atoms with Crippen LogP contribution in [-0.4, -0.2) is 49.5 Å². The molecule has 0 bridgehead atoms. The molecule has 6 heteroatoms. The van der Waals surface area contributed by atoms with Gasteiger partial charge in [0.05, 0.1) is 18.8 Å². The second kappa shape index (κ2) is 9.03. The first-order valence-corrected chi connectivity index (χ1v) is 9.74. The molecule has 2 N–H and O–H groups in total. The van der Waals surface area contributed by atoms with Crippen molar-refractivity contribution in [1.29, 1.82) is 0 Å². The number of carbonyl (C=O) groups excluding carboxylic acids is 2. The van der Waals surface area contributed by atoms with Gasteiger partial charge in [-0.2, -0.15) is 0 Å². The minimum atomic E-state index is -0.117. The van der Waals surface area contributed by atoms with Crippen LogP contribution in [0.25, 0.3) is 0 Å². The van der Waals surface area contributed by atoms with Gasteiger partial charge in [-0.1, -0.05) is 0 Å². The summed E-state index contributed by atoms with van der Waals surface area (Å²) in [6.07, 6.45) is 5.80. The minimum Gasteiger partial charge on any atom is -0.492 e. The molecule has 1 aliphatic carbocycles. The fourth-order valence-corrected chi connectivity index (χ4v) is 3.23. The fraction of sp³-hybridized carbons (Fsp3) is 0.600. The summed E-state index contributed by atoms with van der Waals surface area (Å²) >= 11 is 0. The van der Waals surface area contributed by atoms with E-state index in [1.54, 1.807) is 18.2 Å². The van der Waals surface area contributed by atoms with Crippen molar-refractivity contribution in [3.63, 3.8) is 0 Å². The number of rotatable bonds is 8. The molecule has 1 aromatic rings. The first kappa shape index (κ1) is 18.7. The fourth-order valence-electron chi connectivity index (χ4n) is 3.23. The summed E-state index contributed by atoms with van der Waals surface area (Å²) in [4.78, 5) is 26.8. The summed E-state index contributed by atoms with van der Waals surface area (Å²) in [6, 6.07) is 5.29. The predicted molar refractivity (Wildman–Crippen MR) is 102 cm³/mol. The summed E-state index contributed by atoms with van der Waals surface area (Å²) < 4.78 is 5.61. The lowest BCUT2D eigenvalue weighted by molar-refractivity contribution is -0.115. The Hall–Kier alpha value is -2.08. The second-order valence-electron chi connectivity index (χ2n) is 7.12. The molecule has 1 aromatic carbocycles. The zero-order valence-corrected chi connectivity index (χ0v) is 15.6. The Morgan fingerprint density at radius 2 is 1.96 bits per heavy atom. The minimum absolute atomic E-state index is 0.0232. The topological polar surface area (TPSA) is 70.7 Å². The van der Waals surface area contributed by atoms with Crippen LogP contribution in [-0.2, 0) is 4.79 Å².